The average Bonchev–Trinajstić information content (AvgIpc) is 2.31. The van der Waals surface area contributed by atoms with E-state index in [9.17, 15) is 4.79 Å². The number of rotatable bonds is 5. The Morgan fingerprint density at radius 1 is 1.29 bits per heavy atom. The van der Waals surface area contributed by atoms with Gasteiger partial charge in [-0.3, -0.25) is 9.69 Å². The topological polar surface area (TPSA) is 49.6 Å². The Kier molecular flexibility index (Phi) is 8.56. The van der Waals surface area contributed by atoms with Crippen molar-refractivity contribution in [2.75, 3.05) is 39.3 Å². The van der Waals surface area contributed by atoms with Crippen molar-refractivity contribution in [3.8, 4) is 0 Å². The third-order valence-electron chi connectivity index (χ3n) is 3.52. The van der Waals surface area contributed by atoms with E-state index in [1.807, 2.05) is 18.7 Å². The highest BCUT2D eigenvalue weighted by Gasteiger charge is 2.21. The van der Waals surface area contributed by atoms with Crippen molar-refractivity contribution in [3.05, 3.63) is 0 Å². The van der Waals surface area contributed by atoms with Gasteiger partial charge in [0.2, 0.25) is 5.91 Å². The fraction of sp³-hybridized carbons (Fsp3) is 0.917. The van der Waals surface area contributed by atoms with E-state index >= 15 is 0 Å². The number of likely N-dealkylation sites (tertiary alicyclic amines) is 1. The molecule has 1 heterocycles. The van der Waals surface area contributed by atoms with Gasteiger partial charge in [-0.15, -0.1) is 12.4 Å². The van der Waals surface area contributed by atoms with Crippen LogP contribution in [0.2, 0.25) is 0 Å². The van der Waals surface area contributed by atoms with Crippen LogP contribution >= 0.6 is 12.4 Å². The molecule has 0 spiro atoms. The van der Waals surface area contributed by atoms with Crippen molar-refractivity contribution in [1.82, 2.24) is 9.80 Å². The van der Waals surface area contributed by atoms with Crippen molar-refractivity contribution >= 4 is 18.3 Å². The summed E-state index contributed by atoms with van der Waals surface area (Å²) in [6, 6.07) is 0. The lowest BCUT2D eigenvalue weighted by Gasteiger charge is -2.32. The minimum Gasteiger partial charge on any atom is -0.342 e. The number of hydrogen-bond acceptors (Lipinski definition) is 3. The molecule has 0 bridgehead atoms. The molecule has 17 heavy (non-hydrogen) atoms. The zero-order valence-corrected chi connectivity index (χ0v) is 11.8. The fourth-order valence-corrected chi connectivity index (χ4v) is 2.25. The first-order valence-electron chi connectivity index (χ1n) is 6.41. The summed E-state index contributed by atoms with van der Waals surface area (Å²) in [6.07, 6.45) is 2.28. The largest absolute Gasteiger partial charge is 0.342 e. The summed E-state index contributed by atoms with van der Waals surface area (Å²) in [5.41, 5.74) is 5.65. The number of amides is 1. The molecule has 0 aromatic carbocycles. The molecule has 1 amide bonds. The number of piperidine rings is 1. The van der Waals surface area contributed by atoms with E-state index in [1.54, 1.807) is 0 Å². The van der Waals surface area contributed by atoms with Crippen LogP contribution in [-0.2, 0) is 4.79 Å². The second-order valence-corrected chi connectivity index (χ2v) is 4.52. The predicted octanol–water partition coefficient (Wildman–Crippen LogP) is 0.947. The zero-order chi connectivity index (χ0) is 12.0. The van der Waals surface area contributed by atoms with Gasteiger partial charge < -0.3 is 10.6 Å². The minimum absolute atomic E-state index is 0. The fourth-order valence-electron chi connectivity index (χ4n) is 2.25. The molecule has 0 radical (unpaired) electrons. The van der Waals surface area contributed by atoms with Crippen LogP contribution in [0.1, 0.15) is 26.7 Å². The van der Waals surface area contributed by atoms with Crippen LogP contribution in [-0.4, -0.2) is 55.0 Å². The van der Waals surface area contributed by atoms with Crippen LogP contribution in [0.5, 0.6) is 0 Å². The number of carbonyl (C=O) groups is 1. The van der Waals surface area contributed by atoms with Gasteiger partial charge in [0.25, 0.3) is 0 Å². The molecule has 1 aliphatic rings. The SMILES string of the molecule is CCN(CC)C(=O)CN1CCC(CN)CC1.Cl. The molecule has 102 valence electrons. The maximum absolute atomic E-state index is 11.9. The van der Waals surface area contributed by atoms with Gasteiger partial charge >= 0.3 is 0 Å². The van der Waals surface area contributed by atoms with Crippen molar-refractivity contribution in [3.63, 3.8) is 0 Å². The Bertz CT molecular complexity index is 214. The average molecular weight is 264 g/mol. The predicted molar refractivity (Wildman–Crippen MR) is 73.4 cm³/mol. The van der Waals surface area contributed by atoms with E-state index in [0.717, 1.165) is 45.6 Å². The highest BCUT2D eigenvalue weighted by Crippen LogP contribution is 2.15. The van der Waals surface area contributed by atoms with Gasteiger partial charge in [-0.2, -0.15) is 0 Å². The first-order chi connectivity index (χ1) is 7.71. The second-order valence-electron chi connectivity index (χ2n) is 4.52. The van der Waals surface area contributed by atoms with Crippen LogP contribution in [0.3, 0.4) is 0 Å². The van der Waals surface area contributed by atoms with E-state index < -0.39 is 0 Å². The lowest BCUT2D eigenvalue weighted by Crippen LogP contribution is -2.44. The number of hydrogen-bond donors (Lipinski definition) is 1. The van der Waals surface area contributed by atoms with Gasteiger partial charge in [0.1, 0.15) is 0 Å². The third-order valence-corrected chi connectivity index (χ3v) is 3.52. The molecule has 0 aromatic heterocycles. The molecule has 1 saturated heterocycles. The van der Waals surface area contributed by atoms with Gasteiger partial charge in [0, 0.05) is 13.1 Å². The van der Waals surface area contributed by atoms with Crippen molar-refractivity contribution in [2.45, 2.75) is 26.7 Å². The molecule has 0 saturated carbocycles. The quantitative estimate of drug-likeness (QED) is 0.804. The Morgan fingerprint density at radius 3 is 2.24 bits per heavy atom. The first kappa shape index (κ1) is 16.7. The maximum Gasteiger partial charge on any atom is 0.236 e. The van der Waals surface area contributed by atoms with Gasteiger partial charge in [-0.05, 0) is 52.2 Å². The van der Waals surface area contributed by atoms with Crippen molar-refractivity contribution in [2.24, 2.45) is 11.7 Å². The molecule has 0 aromatic rings. The molecular formula is C12H26ClN3O. The van der Waals surface area contributed by atoms with E-state index in [2.05, 4.69) is 4.90 Å². The van der Waals surface area contributed by atoms with E-state index in [0.29, 0.717) is 12.5 Å². The first-order valence-corrected chi connectivity index (χ1v) is 6.41. The zero-order valence-electron chi connectivity index (χ0n) is 11.0. The van der Waals surface area contributed by atoms with Crippen LogP contribution in [0.25, 0.3) is 0 Å². The lowest BCUT2D eigenvalue weighted by molar-refractivity contribution is -0.132. The van der Waals surface area contributed by atoms with Gasteiger partial charge in [0.05, 0.1) is 6.54 Å². The number of nitrogens with zero attached hydrogens (tertiary/aromatic N) is 2. The number of likely N-dealkylation sites (N-methyl/N-ethyl adjacent to an activating group) is 1. The van der Waals surface area contributed by atoms with Gasteiger partial charge in [0.15, 0.2) is 0 Å². The smallest absolute Gasteiger partial charge is 0.236 e. The van der Waals surface area contributed by atoms with E-state index in [-0.39, 0.29) is 18.3 Å². The molecule has 2 N–H and O–H groups in total. The summed E-state index contributed by atoms with van der Waals surface area (Å²) in [5.74, 6) is 0.927. The summed E-state index contributed by atoms with van der Waals surface area (Å²) >= 11 is 0. The van der Waals surface area contributed by atoms with E-state index in [4.69, 9.17) is 5.73 Å². The summed E-state index contributed by atoms with van der Waals surface area (Å²) in [5, 5.41) is 0. The van der Waals surface area contributed by atoms with E-state index in [1.165, 1.54) is 0 Å². The normalized spacial score (nSPS) is 17.6. The number of carbonyl (C=O) groups excluding carboxylic acids is 1. The van der Waals surface area contributed by atoms with Crippen LogP contribution in [0.15, 0.2) is 0 Å². The summed E-state index contributed by atoms with van der Waals surface area (Å²) in [6.45, 7) is 9.11. The van der Waals surface area contributed by atoms with Crippen molar-refractivity contribution < 1.29 is 4.79 Å². The molecule has 1 rings (SSSR count). The van der Waals surface area contributed by atoms with Crippen LogP contribution < -0.4 is 5.73 Å². The Morgan fingerprint density at radius 2 is 1.82 bits per heavy atom. The minimum atomic E-state index is 0. The molecule has 0 atom stereocenters. The Balaban J connectivity index is 0.00000256. The number of nitrogens with two attached hydrogens (primary N) is 1. The lowest BCUT2D eigenvalue weighted by atomic mass is 9.97. The molecule has 1 aliphatic heterocycles. The van der Waals surface area contributed by atoms with Crippen LogP contribution in [0, 0.1) is 5.92 Å². The summed E-state index contributed by atoms with van der Waals surface area (Å²) in [7, 11) is 0. The Labute approximate surface area is 111 Å². The third kappa shape index (κ3) is 5.23. The summed E-state index contributed by atoms with van der Waals surface area (Å²) in [4.78, 5) is 16.0. The Hall–Kier alpha value is -0.320. The maximum atomic E-state index is 11.9. The molecule has 0 aliphatic carbocycles. The van der Waals surface area contributed by atoms with Crippen LogP contribution in [0.4, 0.5) is 0 Å². The molecule has 4 nitrogen and oxygen atoms in total. The highest BCUT2D eigenvalue weighted by molar-refractivity contribution is 5.85. The van der Waals surface area contributed by atoms with Gasteiger partial charge in [-0.1, -0.05) is 0 Å². The highest BCUT2D eigenvalue weighted by atomic mass is 35.5. The number of halogens is 1. The molecule has 1 fully saturated rings. The molecule has 5 heteroatoms. The summed E-state index contributed by atoms with van der Waals surface area (Å²) < 4.78 is 0. The monoisotopic (exact) mass is 263 g/mol. The molecular weight excluding hydrogens is 238 g/mol. The second kappa shape index (κ2) is 8.72. The molecule has 0 unspecified atom stereocenters. The standard InChI is InChI=1S/C12H25N3O.ClH/c1-3-15(4-2)12(16)10-14-7-5-11(9-13)6-8-14;/h11H,3-10,13H2,1-2H3;1H. The van der Waals surface area contributed by atoms with Gasteiger partial charge in [-0.25, -0.2) is 0 Å². The van der Waals surface area contributed by atoms with Crippen molar-refractivity contribution in [1.29, 1.82) is 0 Å².